The number of nitrogens with two attached hydrogens (primary N) is 1. The monoisotopic (exact) mass is 348 g/mol. The van der Waals surface area contributed by atoms with Crippen molar-refractivity contribution < 1.29 is 18.3 Å². The second kappa shape index (κ2) is 8.58. The van der Waals surface area contributed by atoms with Crippen LogP contribution >= 0.6 is 0 Å². The van der Waals surface area contributed by atoms with E-state index in [0.29, 0.717) is 24.5 Å². The topological polar surface area (TPSA) is 64.3 Å². The van der Waals surface area contributed by atoms with Crippen molar-refractivity contribution in [2.45, 2.75) is 26.3 Å². The Labute approximate surface area is 146 Å². The molecule has 0 aromatic heterocycles. The summed E-state index contributed by atoms with van der Waals surface area (Å²) in [7, 11) is 0. The van der Waals surface area contributed by atoms with E-state index in [1.807, 2.05) is 6.92 Å². The molecule has 0 saturated carbocycles. The number of hydrogen-bond acceptors (Lipinski definition) is 3. The van der Waals surface area contributed by atoms with Gasteiger partial charge in [-0.15, -0.1) is 0 Å². The molecular weight excluding hydrogens is 326 g/mol. The van der Waals surface area contributed by atoms with E-state index in [1.165, 1.54) is 6.07 Å². The number of benzene rings is 2. The minimum Gasteiger partial charge on any atom is -0.493 e. The van der Waals surface area contributed by atoms with Gasteiger partial charge in [-0.05, 0) is 50.6 Å². The molecule has 25 heavy (non-hydrogen) atoms. The van der Waals surface area contributed by atoms with Gasteiger partial charge in [0.2, 0.25) is 0 Å². The molecule has 1 amide bonds. The molecule has 134 valence electrons. The lowest BCUT2D eigenvalue weighted by Crippen LogP contribution is -2.27. The van der Waals surface area contributed by atoms with Crippen molar-refractivity contribution in [2.75, 3.05) is 13.2 Å². The zero-order valence-electron chi connectivity index (χ0n) is 14.3. The molecule has 4 nitrogen and oxygen atoms in total. The number of aryl methyl sites for hydroxylation is 1. The second-order valence-electron chi connectivity index (χ2n) is 5.83. The first-order chi connectivity index (χ1) is 11.9. The van der Waals surface area contributed by atoms with E-state index in [9.17, 15) is 13.6 Å². The number of rotatable bonds is 7. The number of ether oxygens (including phenoxy) is 1. The summed E-state index contributed by atoms with van der Waals surface area (Å²) in [6.07, 6.45) is 0.719. The first kappa shape index (κ1) is 18.9. The smallest absolute Gasteiger partial charge is 0.251 e. The molecule has 0 radical (unpaired) electrons. The van der Waals surface area contributed by atoms with Gasteiger partial charge in [0.15, 0.2) is 0 Å². The predicted octanol–water partition coefficient (Wildman–Crippen LogP) is 3.49. The fourth-order valence-electron chi connectivity index (χ4n) is 2.37. The minimum absolute atomic E-state index is 0.223. The third-order valence-electron chi connectivity index (χ3n) is 3.83. The summed E-state index contributed by atoms with van der Waals surface area (Å²) in [5.74, 6) is -1.10. The fraction of sp³-hybridized carbons (Fsp3) is 0.316. The molecule has 0 heterocycles. The van der Waals surface area contributed by atoms with E-state index in [1.54, 1.807) is 25.1 Å². The second-order valence-corrected chi connectivity index (χ2v) is 5.83. The quantitative estimate of drug-likeness (QED) is 0.753. The van der Waals surface area contributed by atoms with Gasteiger partial charge in [-0.3, -0.25) is 4.79 Å². The van der Waals surface area contributed by atoms with Crippen LogP contribution in [0.4, 0.5) is 8.78 Å². The molecule has 0 aliphatic heterocycles. The molecule has 2 aromatic rings. The van der Waals surface area contributed by atoms with Gasteiger partial charge in [0.05, 0.1) is 12.6 Å². The van der Waals surface area contributed by atoms with Gasteiger partial charge in [0.25, 0.3) is 5.91 Å². The van der Waals surface area contributed by atoms with E-state index in [2.05, 4.69) is 5.32 Å². The molecule has 6 heteroatoms. The Morgan fingerprint density at radius 1 is 1.24 bits per heavy atom. The maximum absolute atomic E-state index is 13.8. The van der Waals surface area contributed by atoms with Crippen LogP contribution in [0.3, 0.4) is 0 Å². The van der Waals surface area contributed by atoms with E-state index >= 15 is 0 Å². The third kappa shape index (κ3) is 5.00. The predicted molar refractivity (Wildman–Crippen MR) is 92.6 cm³/mol. The number of halogens is 2. The Morgan fingerprint density at radius 3 is 2.68 bits per heavy atom. The Hall–Kier alpha value is -2.47. The molecule has 1 unspecified atom stereocenters. The van der Waals surface area contributed by atoms with Crippen LogP contribution in [0.1, 0.15) is 40.9 Å². The van der Waals surface area contributed by atoms with Crippen molar-refractivity contribution >= 4 is 5.91 Å². The summed E-state index contributed by atoms with van der Waals surface area (Å²) in [6.45, 7) is 4.52. The first-order valence-electron chi connectivity index (χ1n) is 8.11. The van der Waals surface area contributed by atoms with E-state index in [4.69, 9.17) is 10.5 Å². The Bertz CT molecular complexity index is 750. The highest BCUT2D eigenvalue weighted by Gasteiger charge is 2.16. The summed E-state index contributed by atoms with van der Waals surface area (Å²) >= 11 is 0. The molecule has 0 aliphatic carbocycles. The Morgan fingerprint density at radius 2 is 2.00 bits per heavy atom. The first-order valence-corrected chi connectivity index (χ1v) is 8.11. The van der Waals surface area contributed by atoms with Gasteiger partial charge >= 0.3 is 0 Å². The SMILES string of the molecule is Cc1ccc(C(=O)NC(C)c2ccc(F)cc2F)cc1OCCCN. The normalized spacial score (nSPS) is 11.9. The van der Waals surface area contributed by atoms with Gasteiger partial charge in [-0.1, -0.05) is 12.1 Å². The molecular formula is C19H22F2N2O2. The van der Waals surface area contributed by atoms with Crippen LogP contribution in [0.25, 0.3) is 0 Å². The van der Waals surface area contributed by atoms with Gasteiger partial charge in [-0.25, -0.2) is 8.78 Å². The summed E-state index contributed by atoms with van der Waals surface area (Å²) in [5, 5.41) is 2.71. The molecule has 0 spiro atoms. The largest absolute Gasteiger partial charge is 0.493 e. The molecule has 0 aliphatic rings. The summed E-state index contributed by atoms with van der Waals surface area (Å²) in [4.78, 5) is 12.4. The Kier molecular flexibility index (Phi) is 6.47. The van der Waals surface area contributed by atoms with Gasteiger partial charge in [0.1, 0.15) is 17.4 Å². The lowest BCUT2D eigenvalue weighted by molar-refractivity contribution is 0.0939. The van der Waals surface area contributed by atoms with Crippen LogP contribution in [0.5, 0.6) is 5.75 Å². The Balaban J connectivity index is 2.10. The minimum atomic E-state index is -0.692. The van der Waals surface area contributed by atoms with Crippen LogP contribution < -0.4 is 15.8 Å². The maximum Gasteiger partial charge on any atom is 0.251 e. The summed E-state index contributed by atoms with van der Waals surface area (Å²) in [5.41, 5.74) is 6.98. The van der Waals surface area contributed by atoms with Crippen molar-refractivity contribution in [1.29, 1.82) is 0 Å². The number of amides is 1. The zero-order valence-corrected chi connectivity index (χ0v) is 14.3. The highest BCUT2D eigenvalue weighted by molar-refractivity contribution is 5.95. The van der Waals surface area contributed by atoms with Crippen LogP contribution in [0, 0.1) is 18.6 Å². The molecule has 0 bridgehead atoms. The van der Waals surface area contributed by atoms with E-state index in [0.717, 1.165) is 24.1 Å². The van der Waals surface area contributed by atoms with Crippen LogP contribution in [-0.2, 0) is 0 Å². The number of nitrogens with one attached hydrogen (secondary N) is 1. The molecule has 2 rings (SSSR count). The molecule has 3 N–H and O–H groups in total. The van der Waals surface area contributed by atoms with E-state index < -0.39 is 17.7 Å². The van der Waals surface area contributed by atoms with Crippen LogP contribution in [0.2, 0.25) is 0 Å². The number of carbonyl (C=O) groups excluding carboxylic acids is 1. The van der Waals surface area contributed by atoms with Crippen LogP contribution in [0.15, 0.2) is 36.4 Å². The summed E-state index contributed by atoms with van der Waals surface area (Å²) in [6, 6.07) is 7.80. The number of carbonyl (C=O) groups is 1. The highest BCUT2D eigenvalue weighted by atomic mass is 19.1. The molecule has 2 aromatic carbocycles. The lowest BCUT2D eigenvalue weighted by Gasteiger charge is -2.16. The van der Waals surface area contributed by atoms with E-state index in [-0.39, 0.29) is 11.5 Å². The van der Waals surface area contributed by atoms with Crippen molar-refractivity contribution in [3.8, 4) is 5.75 Å². The average Bonchev–Trinajstić information content (AvgIpc) is 2.56. The standard InChI is InChI=1S/C19H22F2N2O2/c1-12-4-5-14(10-18(12)25-9-3-8-22)19(24)23-13(2)16-7-6-15(20)11-17(16)21/h4-7,10-11,13H,3,8-9,22H2,1-2H3,(H,23,24). The number of hydrogen-bond donors (Lipinski definition) is 2. The average molecular weight is 348 g/mol. The lowest BCUT2D eigenvalue weighted by atomic mass is 10.1. The van der Waals surface area contributed by atoms with Gasteiger partial charge in [0, 0.05) is 17.2 Å². The third-order valence-corrected chi connectivity index (χ3v) is 3.83. The fourth-order valence-corrected chi connectivity index (χ4v) is 2.37. The highest BCUT2D eigenvalue weighted by Crippen LogP contribution is 2.22. The van der Waals surface area contributed by atoms with Crippen molar-refractivity contribution in [2.24, 2.45) is 5.73 Å². The summed E-state index contributed by atoms with van der Waals surface area (Å²) < 4.78 is 32.4. The molecule has 0 fully saturated rings. The van der Waals surface area contributed by atoms with Crippen LogP contribution in [-0.4, -0.2) is 19.1 Å². The maximum atomic E-state index is 13.8. The zero-order chi connectivity index (χ0) is 18.4. The van der Waals surface area contributed by atoms with Crippen molar-refractivity contribution in [3.05, 3.63) is 64.7 Å². The van der Waals surface area contributed by atoms with Crippen molar-refractivity contribution in [3.63, 3.8) is 0 Å². The molecule has 0 saturated heterocycles. The molecule has 1 atom stereocenters. The van der Waals surface area contributed by atoms with Crippen molar-refractivity contribution in [1.82, 2.24) is 5.32 Å². The van der Waals surface area contributed by atoms with Gasteiger partial charge in [-0.2, -0.15) is 0 Å². The van der Waals surface area contributed by atoms with Gasteiger partial charge < -0.3 is 15.8 Å².